The van der Waals surface area contributed by atoms with Crippen LogP contribution in [0.25, 0.3) is 0 Å². The highest BCUT2D eigenvalue weighted by Crippen LogP contribution is 2.41. The van der Waals surface area contributed by atoms with Gasteiger partial charge < -0.3 is 4.90 Å². The molecule has 13 heteroatoms. The number of hydrogen-bond acceptors (Lipinski definition) is 4. The summed E-state index contributed by atoms with van der Waals surface area (Å²) in [5, 5.41) is 0. The monoisotopic (exact) mass is 564 g/mol. The van der Waals surface area contributed by atoms with Crippen molar-refractivity contribution in [3.63, 3.8) is 0 Å². The molecular weight excluding hydrogens is 555 g/mol. The lowest BCUT2D eigenvalue weighted by molar-refractivity contribution is 0.476. The third kappa shape index (κ3) is 6.15. The summed E-state index contributed by atoms with van der Waals surface area (Å²) in [6, 6.07) is 7.31. The molecule has 0 spiro atoms. The zero-order valence-corrected chi connectivity index (χ0v) is 20.7. The van der Waals surface area contributed by atoms with E-state index >= 15 is 0 Å². The second-order valence-corrected chi connectivity index (χ2v) is 11.3. The number of halogens is 9. The van der Waals surface area contributed by atoms with Gasteiger partial charge in [0.05, 0.1) is 0 Å². The van der Waals surface area contributed by atoms with Gasteiger partial charge in [0.2, 0.25) is 7.59 Å². The summed E-state index contributed by atoms with van der Waals surface area (Å²) < 4.78 is -2.76. The van der Waals surface area contributed by atoms with Crippen LogP contribution in [0.1, 0.15) is 5.56 Å². The molecule has 156 valence electrons. The van der Waals surface area contributed by atoms with Crippen LogP contribution in [0.15, 0.2) is 34.3 Å². The van der Waals surface area contributed by atoms with E-state index in [4.69, 9.17) is 105 Å². The van der Waals surface area contributed by atoms with Gasteiger partial charge in [-0.15, -0.1) is 23.2 Å². The first-order valence-electron chi connectivity index (χ1n) is 7.72. The van der Waals surface area contributed by atoms with Crippen LogP contribution in [0.5, 0.6) is 0 Å². The van der Waals surface area contributed by atoms with Crippen molar-refractivity contribution in [1.29, 1.82) is 0 Å². The molecule has 1 atom stereocenters. The van der Waals surface area contributed by atoms with E-state index in [0.29, 0.717) is 30.4 Å². The molecule has 0 saturated carbocycles. The first-order chi connectivity index (χ1) is 13.0. The second-order valence-electron chi connectivity index (χ2n) is 5.49. The predicted molar refractivity (Wildman–Crippen MR) is 126 cm³/mol. The molecule has 0 aromatic heterocycles. The minimum Gasteiger partial charge on any atom is -0.369 e. The van der Waals surface area contributed by atoms with Crippen LogP contribution in [-0.4, -0.2) is 54.7 Å². The topological polar surface area (TPSA) is 31.2 Å². The highest BCUT2D eigenvalue weighted by molar-refractivity contribution is 6.77. The summed E-state index contributed by atoms with van der Waals surface area (Å²) in [5.74, 6) is 0.829. The lowest BCUT2D eigenvalue weighted by Gasteiger charge is -2.35. The van der Waals surface area contributed by atoms with E-state index in [9.17, 15) is 0 Å². The Morgan fingerprint density at radius 3 is 2.04 bits per heavy atom. The molecule has 1 aliphatic heterocycles. The molecule has 4 nitrogen and oxygen atoms in total. The lowest BCUT2D eigenvalue weighted by atomic mass is 10.1. The highest BCUT2D eigenvalue weighted by atomic mass is 35.6. The van der Waals surface area contributed by atoms with E-state index in [1.54, 1.807) is 12.1 Å². The summed E-state index contributed by atoms with van der Waals surface area (Å²) in [7, 11) is 0. The molecule has 1 unspecified atom stereocenters. The smallest absolute Gasteiger partial charge is 0.249 e. The SMILES string of the molecule is ClCCN(CCCl)c1ccccc1C1=NC(C(Cl)(Cl)Cl)=NC(C(Cl)(Cl)Cl)N1Cl. The predicted octanol–water partition coefficient (Wildman–Crippen LogP) is 6.65. The Kier molecular flexibility index (Phi) is 9.29. The maximum absolute atomic E-state index is 6.46. The van der Waals surface area contributed by atoms with Crippen LogP contribution in [0, 0.1) is 0 Å². The van der Waals surface area contributed by atoms with Crippen molar-refractivity contribution in [2.75, 3.05) is 29.7 Å². The molecule has 0 amide bonds. The Morgan fingerprint density at radius 2 is 1.54 bits per heavy atom. The molecule has 0 bridgehead atoms. The number of amidine groups is 2. The molecular formula is C15H13Cl9N4. The van der Waals surface area contributed by atoms with Gasteiger partial charge in [0, 0.05) is 47.9 Å². The summed E-state index contributed by atoms with van der Waals surface area (Å²) >= 11 is 54.4. The zero-order chi connectivity index (χ0) is 21.1. The molecule has 2 rings (SSSR count). The van der Waals surface area contributed by atoms with Gasteiger partial charge in [0.25, 0.3) is 0 Å². The van der Waals surface area contributed by atoms with Gasteiger partial charge in [-0.1, -0.05) is 81.7 Å². The second kappa shape index (κ2) is 10.4. The third-order valence-electron chi connectivity index (χ3n) is 3.61. The quantitative estimate of drug-likeness (QED) is 0.284. The summed E-state index contributed by atoms with van der Waals surface area (Å²) in [6.45, 7) is 1.08. The van der Waals surface area contributed by atoms with E-state index in [2.05, 4.69) is 9.98 Å². The Hall–Kier alpha value is 0.770. The van der Waals surface area contributed by atoms with Crippen molar-refractivity contribution in [3.05, 3.63) is 29.8 Å². The maximum Gasteiger partial charge on any atom is 0.249 e. The highest BCUT2D eigenvalue weighted by Gasteiger charge is 2.44. The van der Waals surface area contributed by atoms with Crippen molar-refractivity contribution in [1.82, 2.24) is 4.42 Å². The van der Waals surface area contributed by atoms with Crippen LogP contribution >= 0.6 is 105 Å². The van der Waals surface area contributed by atoms with Gasteiger partial charge in [-0.05, 0) is 12.1 Å². The minimum atomic E-state index is -1.95. The average Bonchev–Trinajstić information content (AvgIpc) is 2.60. The molecule has 1 heterocycles. The molecule has 0 aliphatic carbocycles. The van der Waals surface area contributed by atoms with Gasteiger partial charge in [-0.3, -0.25) is 0 Å². The van der Waals surface area contributed by atoms with E-state index in [1.807, 2.05) is 17.0 Å². The van der Waals surface area contributed by atoms with Gasteiger partial charge >= 0.3 is 0 Å². The number of nitrogens with zero attached hydrogens (tertiary/aromatic N) is 4. The first kappa shape index (κ1) is 25.0. The number of rotatable bonds is 6. The van der Waals surface area contributed by atoms with Crippen molar-refractivity contribution < 1.29 is 0 Å². The number of aliphatic imine (C=N–C) groups is 2. The summed E-state index contributed by atoms with van der Waals surface area (Å²) in [6.07, 6.45) is -1.18. The van der Waals surface area contributed by atoms with Crippen molar-refractivity contribution in [2.24, 2.45) is 9.98 Å². The maximum atomic E-state index is 6.46. The first-order valence-corrected chi connectivity index (χ1v) is 11.4. The number of anilines is 1. The fourth-order valence-corrected chi connectivity index (χ4v) is 4.06. The normalized spacial score (nSPS) is 18.0. The molecule has 1 aromatic carbocycles. The minimum absolute atomic E-state index is 0.156. The molecule has 28 heavy (non-hydrogen) atoms. The van der Waals surface area contributed by atoms with Gasteiger partial charge in [0.1, 0.15) is 0 Å². The molecule has 1 aromatic rings. The largest absolute Gasteiger partial charge is 0.369 e. The lowest BCUT2D eigenvalue weighted by Crippen LogP contribution is -2.46. The standard InChI is InChI=1S/C15H13Cl9N4/c16-5-7-27(8-6-17)10-4-2-1-3-9(10)11-25-12(14(18,19)20)26-13(28(11)24)15(21,22)23/h1-4,13H,5-8H2. The van der Waals surface area contributed by atoms with E-state index in [-0.39, 0.29) is 11.7 Å². The average molecular weight is 568 g/mol. The third-order valence-corrected chi connectivity index (χ3v) is 5.39. The summed E-state index contributed by atoms with van der Waals surface area (Å²) in [4.78, 5) is 10.4. The van der Waals surface area contributed by atoms with Crippen LogP contribution in [0.4, 0.5) is 5.69 Å². The number of benzene rings is 1. The van der Waals surface area contributed by atoms with E-state index in [0.717, 1.165) is 10.1 Å². The van der Waals surface area contributed by atoms with Crippen molar-refractivity contribution >= 4 is 122 Å². The molecule has 0 fully saturated rings. The van der Waals surface area contributed by atoms with Crippen LogP contribution in [-0.2, 0) is 0 Å². The fourth-order valence-electron chi connectivity index (χ4n) is 2.47. The Morgan fingerprint density at radius 1 is 0.964 bits per heavy atom. The van der Waals surface area contributed by atoms with Crippen LogP contribution < -0.4 is 4.90 Å². The van der Waals surface area contributed by atoms with E-state index in [1.165, 1.54) is 0 Å². The van der Waals surface area contributed by atoms with Crippen molar-refractivity contribution in [3.8, 4) is 0 Å². The number of para-hydroxylation sites is 1. The van der Waals surface area contributed by atoms with Crippen LogP contribution in [0.2, 0.25) is 0 Å². The zero-order valence-electron chi connectivity index (χ0n) is 13.9. The number of alkyl halides is 8. The van der Waals surface area contributed by atoms with Gasteiger partial charge in [0.15, 0.2) is 17.8 Å². The molecule has 0 saturated heterocycles. The van der Waals surface area contributed by atoms with Gasteiger partial charge in [-0.25, -0.2) is 14.4 Å². The summed E-state index contributed by atoms with van der Waals surface area (Å²) in [5.41, 5.74) is 1.37. The Labute approximate surface area is 208 Å². The molecule has 0 N–H and O–H groups in total. The molecule has 1 aliphatic rings. The van der Waals surface area contributed by atoms with Crippen molar-refractivity contribution in [2.45, 2.75) is 13.8 Å². The Bertz CT molecular complexity index is 736. The van der Waals surface area contributed by atoms with Crippen LogP contribution in [0.3, 0.4) is 0 Å². The Balaban J connectivity index is 2.62. The van der Waals surface area contributed by atoms with Gasteiger partial charge in [-0.2, -0.15) is 0 Å². The fraction of sp³-hybridized carbons (Fsp3) is 0.467. The molecule has 0 radical (unpaired) electrons. The van der Waals surface area contributed by atoms with E-state index < -0.39 is 13.8 Å². The number of hydrogen-bond donors (Lipinski definition) is 0.